The second-order valence-corrected chi connectivity index (χ2v) is 16.0. The Morgan fingerprint density at radius 3 is 2.00 bits per heavy atom. The molecule has 6 aromatic carbocycles. The van der Waals surface area contributed by atoms with Gasteiger partial charge in [0, 0.05) is 27.4 Å². The number of hydrogen-bond acceptors (Lipinski definition) is 2. The minimum absolute atomic E-state index is 0.103. The summed E-state index contributed by atoms with van der Waals surface area (Å²) < 4.78 is 6.72. The number of furan rings is 1. The van der Waals surface area contributed by atoms with Gasteiger partial charge in [-0.2, -0.15) is 0 Å². The highest BCUT2D eigenvalue weighted by atomic mass is 16.3. The van der Waals surface area contributed by atoms with E-state index in [0.29, 0.717) is 0 Å². The van der Waals surface area contributed by atoms with Crippen molar-refractivity contribution in [2.24, 2.45) is 0 Å². The maximum absolute atomic E-state index is 6.72. The first-order valence-electron chi connectivity index (χ1n) is 17.7. The minimum atomic E-state index is -0.144. The zero-order valence-electron chi connectivity index (χ0n) is 29.4. The van der Waals surface area contributed by atoms with E-state index in [2.05, 4.69) is 174 Å². The van der Waals surface area contributed by atoms with Crippen molar-refractivity contribution < 1.29 is 4.42 Å². The lowest BCUT2D eigenvalue weighted by Gasteiger charge is -2.42. The van der Waals surface area contributed by atoms with Gasteiger partial charge in [-0.1, -0.05) is 133 Å². The fourth-order valence-electron chi connectivity index (χ4n) is 8.80. The van der Waals surface area contributed by atoms with Crippen LogP contribution in [0.2, 0.25) is 0 Å². The Labute approximate surface area is 290 Å². The quantitative estimate of drug-likeness (QED) is 0.191. The average molecular weight is 638 g/mol. The van der Waals surface area contributed by atoms with Gasteiger partial charge in [-0.05, 0) is 99.0 Å². The van der Waals surface area contributed by atoms with E-state index in [1.54, 1.807) is 0 Å². The van der Waals surface area contributed by atoms with Crippen molar-refractivity contribution in [2.45, 2.75) is 70.6 Å². The van der Waals surface area contributed by atoms with E-state index in [4.69, 9.17) is 4.42 Å². The smallest absolute Gasteiger partial charge is 0.159 e. The van der Waals surface area contributed by atoms with Gasteiger partial charge in [0.1, 0.15) is 5.58 Å². The number of nitrogens with zero attached hydrogens (tertiary/aromatic N) is 1. The van der Waals surface area contributed by atoms with E-state index in [1.807, 2.05) is 0 Å². The second kappa shape index (κ2) is 10.5. The largest absolute Gasteiger partial charge is 0.454 e. The van der Waals surface area contributed by atoms with Crippen LogP contribution in [0.1, 0.15) is 76.6 Å². The normalized spacial score (nSPS) is 16.7. The van der Waals surface area contributed by atoms with E-state index in [1.165, 1.54) is 57.3 Å². The number of rotatable bonds is 4. The molecule has 2 aliphatic carbocycles. The van der Waals surface area contributed by atoms with Crippen LogP contribution in [-0.4, -0.2) is 0 Å². The molecule has 1 aromatic heterocycles. The van der Waals surface area contributed by atoms with Gasteiger partial charge in [0.2, 0.25) is 0 Å². The van der Waals surface area contributed by atoms with Crippen LogP contribution in [0.4, 0.5) is 17.1 Å². The molecule has 2 nitrogen and oxygen atoms in total. The average Bonchev–Trinajstić information content (AvgIpc) is 3.60. The third-order valence-corrected chi connectivity index (χ3v) is 11.7. The Morgan fingerprint density at radius 1 is 0.490 bits per heavy atom. The van der Waals surface area contributed by atoms with E-state index in [9.17, 15) is 0 Å². The van der Waals surface area contributed by atoms with Gasteiger partial charge >= 0.3 is 0 Å². The zero-order chi connectivity index (χ0) is 33.7. The Balaban J connectivity index is 1.38. The lowest BCUT2D eigenvalue weighted by molar-refractivity contribution is 0.332. The molecule has 0 radical (unpaired) electrons. The van der Waals surface area contributed by atoms with Crippen LogP contribution in [0.25, 0.3) is 44.2 Å². The van der Waals surface area contributed by atoms with Gasteiger partial charge in [-0.15, -0.1) is 0 Å². The van der Waals surface area contributed by atoms with Crippen molar-refractivity contribution in [3.63, 3.8) is 0 Å². The van der Waals surface area contributed by atoms with Crippen LogP contribution in [-0.2, 0) is 16.2 Å². The molecule has 49 heavy (non-hydrogen) atoms. The molecule has 0 saturated heterocycles. The first kappa shape index (κ1) is 30.0. The van der Waals surface area contributed by atoms with E-state index < -0.39 is 0 Å². The van der Waals surface area contributed by atoms with E-state index in [0.717, 1.165) is 39.0 Å². The molecule has 0 unspecified atom stereocenters. The van der Waals surface area contributed by atoms with Gasteiger partial charge in [-0.25, -0.2) is 0 Å². The number of benzene rings is 6. The zero-order valence-corrected chi connectivity index (χ0v) is 29.4. The summed E-state index contributed by atoms with van der Waals surface area (Å²) in [6.07, 6.45) is 2.38. The van der Waals surface area contributed by atoms with Crippen LogP contribution in [0.15, 0.2) is 132 Å². The van der Waals surface area contributed by atoms with Crippen LogP contribution in [0, 0.1) is 0 Å². The highest BCUT2D eigenvalue weighted by Gasteiger charge is 2.39. The molecule has 1 heterocycles. The first-order valence-corrected chi connectivity index (χ1v) is 17.7. The fourth-order valence-corrected chi connectivity index (χ4v) is 8.80. The standard InChI is InChI=1S/C47H43NO/c1-45(2)25-26-46(3,4)40-27-30(23-24-38(40)45)35-28-36-32-17-10-12-20-37(32)47(5,6)39(36)29-42(35)48(31-15-8-7-9-16-31)41-21-14-19-34-33-18-11-13-22-43(33)49-44(34)41/h7-24,27-29H,25-26H2,1-6H3. The summed E-state index contributed by atoms with van der Waals surface area (Å²) in [7, 11) is 0. The van der Waals surface area contributed by atoms with Gasteiger partial charge in [0.25, 0.3) is 0 Å². The monoisotopic (exact) mass is 637 g/mol. The van der Waals surface area contributed by atoms with Crippen molar-refractivity contribution in [3.8, 4) is 22.3 Å². The summed E-state index contributed by atoms with van der Waals surface area (Å²) >= 11 is 0. The van der Waals surface area contributed by atoms with Crippen molar-refractivity contribution in [2.75, 3.05) is 4.90 Å². The molecule has 0 N–H and O–H groups in total. The van der Waals surface area contributed by atoms with Crippen LogP contribution in [0.5, 0.6) is 0 Å². The van der Waals surface area contributed by atoms with Gasteiger partial charge in [0.15, 0.2) is 5.58 Å². The summed E-state index contributed by atoms with van der Waals surface area (Å²) in [5.41, 5.74) is 16.0. The lowest BCUT2D eigenvalue weighted by atomic mass is 9.63. The molecule has 2 aliphatic rings. The summed E-state index contributed by atoms with van der Waals surface area (Å²) in [5.74, 6) is 0. The Kier molecular flexibility index (Phi) is 6.41. The molecule has 0 aliphatic heterocycles. The third-order valence-electron chi connectivity index (χ3n) is 11.7. The summed E-state index contributed by atoms with van der Waals surface area (Å²) in [6.45, 7) is 14.4. The van der Waals surface area contributed by atoms with Crippen LogP contribution < -0.4 is 4.90 Å². The molecule has 9 rings (SSSR count). The summed E-state index contributed by atoms with van der Waals surface area (Å²) in [4.78, 5) is 2.44. The Morgan fingerprint density at radius 2 is 1.18 bits per heavy atom. The molecule has 7 aromatic rings. The molecule has 0 amide bonds. The maximum Gasteiger partial charge on any atom is 0.159 e. The topological polar surface area (TPSA) is 16.4 Å². The molecular formula is C47H43NO. The first-order chi connectivity index (χ1) is 23.5. The number of para-hydroxylation sites is 3. The van der Waals surface area contributed by atoms with Crippen molar-refractivity contribution in [3.05, 3.63) is 150 Å². The van der Waals surface area contributed by atoms with Gasteiger partial charge < -0.3 is 9.32 Å². The van der Waals surface area contributed by atoms with Gasteiger partial charge in [-0.3, -0.25) is 0 Å². The Hall–Kier alpha value is -5.08. The highest BCUT2D eigenvalue weighted by Crippen LogP contribution is 2.55. The maximum atomic E-state index is 6.72. The van der Waals surface area contributed by atoms with Gasteiger partial charge in [0.05, 0.1) is 11.4 Å². The molecule has 0 spiro atoms. The number of hydrogen-bond donors (Lipinski definition) is 0. The number of fused-ring (bicyclic) bond motifs is 7. The van der Waals surface area contributed by atoms with Crippen molar-refractivity contribution in [1.82, 2.24) is 0 Å². The van der Waals surface area contributed by atoms with E-state index in [-0.39, 0.29) is 16.2 Å². The lowest BCUT2D eigenvalue weighted by Crippen LogP contribution is -2.33. The molecule has 242 valence electrons. The SMILES string of the molecule is CC1(C)CCC(C)(C)c2cc(-c3cc4c(cc3N(c3ccccc3)c3cccc5c3oc3ccccc35)C(C)(C)c3ccccc3-4)ccc21. The third kappa shape index (κ3) is 4.46. The van der Waals surface area contributed by atoms with Crippen molar-refractivity contribution in [1.29, 1.82) is 0 Å². The molecule has 0 fully saturated rings. The Bertz CT molecular complexity index is 2420. The van der Waals surface area contributed by atoms with Crippen molar-refractivity contribution >= 4 is 39.0 Å². The van der Waals surface area contributed by atoms with Crippen LogP contribution >= 0.6 is 0 Å². The summed E-state index contributed by atoms with van der Waals surface area (Å²) in [6, 6.07) is 47.0. The molecule has 0 bridgehead atoms. The predicted molar refractivity (Wildman–Crippen MR) is 207 cm³/mol. The van der Waals surface area contributed by atoms with E-state index >= 15 is 0 Å². The molecular weight excluding hydrogens is 595 g/mol. The molecule has 0 saturated carbocycles. The number of anilines is 3. The molecule has 2 heteroatoms. The summed E-state index contributed by atoms with van der Waals surface area (Å²) in [5, 5.41) is 2.26. The molecule has 0 atom stereocenters. The predicted octanol–water partition coefficient (Wildman–Crippen LogP) is 13.4. The fraction of sp³-hybridized carbons (Fsp3) is 0.234. The second-order valence-electron chi connectivity index (χ2n) is 16.0. The minimum Gasteiger partial charge on any atom is -0.454 e. The van der Waals surface area contributed by atoms with Crippen LogP contribution in [0.3, 0.4) is 0 Å². The highest BCUT2D eigenvalue weighted by molar-refractivity contribution is 6.11.